The van der Waals surface area contributed by atoms with Crippen LogP contribution >= 0.6 is 0 Å². The number of hydrogen-bond donors (Lipinski definition) is 1. The quantitative estimate of drug-likeness (QED) is 0.733. The summed E-state index contributed by atoms with van der Waals surface area (Å²) in [6.07, 6.45) is 3.60. The minimum absolute atomic E-state index is 0.117. The van der Waals surface area contributed by atoms with Gasteiger partial charge in [0, 0.05) is 42.5 Å². The van der Waals surface area contributed by atoms with Gasteiger partial charge in [0.1, 0.15) is 11.9 Å². The van der Waals surface area contributed by atoms with Crippen molar-refractivity contribution in [1.29, 1.82) is 0 Å². The van der Waals surface area contributed by atoms with Gasteiger partial charge in [-0.1, -0.05) is 11.8 Å². The van der Waals surface area contributed by atoms with Crippen LogP contribution in [-0.4, -0.2) is 60.8 Å². The minimum atomic E-state index is -0.692. The monoisotopic (exact) mass is 447 g/mol. The lowest BCUT2D eigenvalue weighted by atomic mass is 9.96. The molecule has 5 rings (SSSR count). The van der Waals surface area contributed by atoms with Crippen LogP contribution in [-0.2, 0) is 6.42 Å². The van der Waals surface area contributed by atoms with E-state index in [2.05, 4.69) is 21.6 Å². The van der Waals surface area contributed by atoms with Gasteiger partial charge in [-0.05, 0) is 87.7 Å². The molecule has 5 nitrogen and oxygen atoms in total. The average molecular weight is 448 g/mol. The fraction of sp³-hybridized carbons (Fsp3) is 0.444. The van der Waals surface area contributed by atoms with E-state index in [0.717, 1.165) is 43.7 Å². The first-order valence-corrected chi connectivity index (χ1v) is 11.9. The van der Waals surface area contributed by atoms with E-state index in [1.807, 2.05) is 18.2 Å². The van der Waals surface area contributed by atoms with E-state index in [9.17, 15) is 9.90 Å². The Morgan fingerprint density at radius 3 is 2.67 bits per heavy atom. The van der Waals surface area contributed by atoms with E-state index in [1.54, 1.807) is 24.0 Å². The molecule has 172 valence electrons. The Balaban J connectivity index is 1.31. The van der Waals surface area contributed by atoms with Crippen molar-refractivity contribution in [2.24, 2.45) is 0 Å². The number of hydrogen-bond acceptors (Lipinski definition) is 4. The van der Waals surface area contributed by atoms with Crippen LogP contribution in [0.2, 0.25) is 0 Å². The second kappa shape index (κ2) is 9.17. The summed E-state index contributed by atoms with van der Waals surface area (Å²) in [4.78, 5) is 19.5. The SMILES string of the molecule is CC(O)C#Cc1ccc2c(c1)CCN(c1ccc(N3CC[C@@H](N4CCCC4)C3)c(F)c1)C2=O. The molecule has 0 spiro atoms. The Kier molecular flexibility index (Phi) is 6.09. The highest BCUT2D eigenvalue weighted by Crippen LogP contribution is 2.32. The third-order valence-corrected chi connectivity index (χ3v) is 7.01. The molecular formula is C27H30FN3O2. The Labute approximate surface area is 194 Å². The summed E-state index contributed by atoms with van der Waals surface area (Å²) in [5.74, 6) is 5.28. The normalized spacial score (nSPS) is 21.7. The Hall–Kier alpha value is -2.88. The number of amides is 1. The number of halogens is 1. The summed E-state index contributed by atoms with van der Waals surface area (Å²) in [6.45, 7) is 6.17. The largest absolute Gasteiger partial charge is 0.381 e. The molecule has 2 aromatic carbocycles. The van der Waals surface area contributed by atoms with Crippen LogP contribution in [0, 0.1) is 17.7 Å². The van der Waals surface area contributed by atoms with Crippen molar-refractivity contribution in [2.45, 2.75) is 44.8 Å². The van der Waals surface area contributed by atoms with Crippen molar-refractivity contribution in [1.82, 2.24) is 4.90 Å². The molecule has 1 N–H and O–H groups in total. The van der Waals surface area contributed by atoms with Crippen LogP contribution in [0.25, 0.3) is 0 Å². The number of carbonyl (C=O) groups excluding carboxylic acids is 1. The summed E-state index contributed by atoms with van der Waals surface area (Å²) in [5, 5.41) is 9.36. The van der Waals surface area contributed by atoms with Gasteiger partial charge >= 0.3 is 0 Å². The number of aliphatic hydroxyl groups excluding tert-OH is 1. The minimum Gasteiger partial charge on any atom is -0.381 e. The molecular weight excluding hydrogens is 417 g/mol. The van der Waals surface area contributed by atoms with Gasteiger partial charge in [0.15, 0.2) is 0 Å². The molecule has 33 heavy (non-hydrogen) atoms. The number of carbonyl (C=O) groups is 1. The molecule has 6 heteroatoms. The Morgan fingerprint density at radius 1 is 1.09 bits per heavy atom. The van der Waals surface area contributed by atoms with Crippen molar-refractivity contribution in [2.75, 3.05) is 42.5 Å². The Bertz CT molecular complexity index is 1110. The molecule has 1 unspecified atom stereocenters. The topological polar surface area (TPSA) is 47.0 Å². The maximum atomic E-state index is 15.2. The van der Waals surface area contributed by atoms with Crippen molar-refractivity contribution in [3.63, 3.8) is 0 Å². The van der Waals surface area contributed by atoms with Crippen molar-refractivity contribution in [3.8, 4) is 11.8 Å². The van der Waals surface area contributed by atoms with Crippen LogP contribution < -0.4 is 9.80 Å². The fourth-order valence-corrected chi connectivity index (χ4v) is 5.29. The highest BCUT2D eigenvalue weighted by atomic mass is 19.1. The molecule has 0 aromatic heterocycles. The molecule has 3 aliphatic heterocycles. The van der Waals surface area contributed by atoms with Gasteiger partial charge in [-0.15, -0.1) is 0 Å². The summed E-state index contributed by atoms with van der Waals surface area (Å²) in [5.41, 5.74) is 3.58. The van der Waals surface area contributed by atoms with Gasteiger partial charge in [-0.3, -0.25) is 9.69 Å². The summed E-state index contributed by atoms with van der Waals surface area (Å²) in [7, 11) is 0. The molecule has 2 saturated heterocycles. The standard InChI is InChI=1S/C27H30FN3O2/c1-19(32)4-5-20-6-8-24-21(16-20)10-15-31(27(24)33)22-7-9-26(25(28)17-22)30-14-11-23(18-30)29-12-2-3-13-29/h6-9,16-17,19,23,32H,2-3,10-15,18H2,1H3/t19?,23-/m1/s1. The number of aliphatic hydroxyl groups is 1. The Morgan fingerprint density at radius 2 is 1.91 bits per heavy atom. The lowest BCUT2D eigenvalue weighted by molar-refractivity contribution is 0.0980. The van der Waals surface area contributed by atoms with Gasteiger partial charge in [-0.2, -0.15) is 0 Å². The maximum Gasteiger partial charge on any atom is 0.258 e. The zero-order valence-electron chi connectivity index (χ0n) is 19.1. The molecule has 1 amide bonds. The molecule has 2 fully saturated rings. The number of benzene rings is 2. The van der Waals surface area contributed by atoms with Crippen LogP contribution in [0.5, 0.6) is 0 Å². The molecule has 3 aliphatic rings. The maximum absolute atomic E-state index is 15.2. The van der Waals surface area contributed by atoms with Crippen molar-refractivity contribution >= 4 is 17.3 Å². The van der Waals surface area contributed by atoms with E-state index in [0.29, 0.717) is 35.9 Å². The van der Waals surface area contributed by atoms with Crippen molar-refractivity contribution in [3.05, 3.63) is 58.9 Å². The summed E-state index contributed by atoms with van der Waals surface area (Å²) in [6, 6.07) is 11.2. The highest BCUT2D eigenvalue weighted by molar-refractivity contribution is 6.08. The number of likely N-dealkylation sites (tertiary alicyclic amines) is 1. The zero-order chi connectivity index (χ0) is 22.9. The first-order valence-electron chi connectivity index (χ1n) is 11.9. The third-order valence-electron chi connectivity index (χ3n) is 7.01. The highest BCUT2D eigenvalue weighted by Gasteiger charge is 2.31. The first-order chi connectivity index (χ1) is 16.0. The number of rotatable bonds is 3. The van der Waals surface area contributed by atoms with Crippen molar-refractivity contribution < 1.29 is 14.3 Å². The molecule has 0 bridgehead atoms. The van der Waals surface area contributed by atoms with E-state index in [4.69, 9.17) is 0 Å². The van der Waals surface area contributed by atoms with Gasteiger partial charge in [0.2, 0.25) is 0 Å². The molecule has 0 saturated carbocycles. The first kappa shape index (κ1) is 21.9. The molecule has 0 aliphatic carbocycles. The van der Waals surface area contributed by atoms with Crippen LogP contribution in [0.3, 0.4) is 0 Å². The second-order valence-corrected chi connectivity index (χ2v) is 9.29. The molecule has 3 heterocycles. The average Bonchev–Trinajstić information content (AvgIpc) is 3.50. The van der Waals surface area contributed by atoms with Crippen LogP contribution in [0.15, 0.2) is 36.4 Å². The van der Waals surface area contributed by atoms with E-state index < -0.39 is 6.10 Å². The van der Waals surface area contributed by atoms with Crippen LogP contribution in [0.4, 0.5) is 15.8 Å². The van der Waals surface area contributed by atoms with Gasteiger partial charge < -0.3 is 14.9 Å². The number of nitrogens with zero attached hydrogens (tertiary/aromatic N) is 3. The zero-order valence-corrected chi connectivity index (χ0v) is 19.1. The fourth-order valence-electron chi connectivity index (χ4n) is 5.29. The van der Waals surface area contributed by atoms with Crippen LogP contribution in [0.1, 0.15) is 47.7 Å². The summed E-state index contributed by atoms with van der Waals surface area (Å²) < 4.78 is 15.2. The lowest BCUT2D eigenvalue weighted by Crippen LogP contribution is -2.38. The third kappa shape index (κ3) is 4.48. The van der Waals surface area contributed by atoms with E-state index in [1.165, 1.54) is 18.9 Å². The number of fused-ring (bicyclic) bond motifs is 1. The van der Waals surface area contributed by atoms with E-state index >= 15 is 4.39 Å². The summed E-state index contributed by atoms with van der Waals surface area (Å²) >= 11 is 0. The molecule has 2 atom stereocenters. The predicted molar refractivity (Wildman–Crippen MR) is 128 cm³/mol. The van der Waals surface area contributed by atoms with E-state index in [-0.39, 0.29) is 11.7 Å². The molecule has 2 aromatic rings. The van der Waals surface area contributed by atoms with Gasteiger partial charge in [0.05, 0.1) is 5.69 Å². The smallest absolute Gasteiger partial charge is 0.258 e. The van der Waals surface area contributed by atoms with Gasteiger partial charge in [0.25, 0.3) is 5.91 Å². The molecule has 0 radical (unpaired) electrons. The van der Waals surface area contributed by atoms with Gasteiger partial charge in [-0.25, -0.2) is 4.39 Å². The predicted octanol–water partition coefficient (Wildman–Crippen LogP) is 3.44. The number of anilines is 2. The second-order valence-electron chi connectivity index (χ2n) is 9.29. The lowest BCUT2D eigenvalue weighted by Gasteiger charge is -2.30.